The van der Waals surface area contributed by atoms with Crippen LogP contribution in [0, 0.1) is 20.8 Å². The van der Waals surface area contributed by atoms with Crippen molar-refractivity contribution in [2.45, 2.75) is 20.8 Å². The van der Waals surface area contributed by atoms with Crippen molar-refractivity contribution in [3.63, 3.8) is 0 Å². The monoisotopic (exact) mass is 398 g/mol. The molecule has 2 amide bonds. The van der Waals surface area contributed by atoms with Gasteiger partial charge in [0.05, 0.1) is 5.52 Å². The summed E-state index contributed by atoms with van der Waals surface area (Å²) in [7, 11) is 0. The Balaban J connectivity index is 1.70. The number of fused-ring (bicyclic) bond motifs is 1. The minimum atomic E-state index is -0.375. The van der Waals surface area contributed by atoms with Gasteiger partial charge < -0.3 is 10.6 Å². The van der Waals surface area contributed by atoms with Crippen LogP contribution in [-0.4, -0.2) is 21.2 Å². The summed E-state index contributed by atoms with van der Waals surface area (Å²) in [5.41, 5.74) is 5.21. The molecule has 0 bridgehead atoms. The Morgan fingerprint density at radius 1 is 0.767 bits per heavy atom. The van der Waals surface area contributed by atoms with Gasteiger partial charge in [0.1, 0.15) is 0 Å². The van der Waals surface area contributed by atoms with E-state index in [4.69, 9.17) is 0 Å². The van der Waals surface area contributed by atoms with Crippen LogP contribution < -0.4 is 10.6 Å². The molecule has 150 valence electrons. The number of imidazole rings is 1. The molecule has 6 nitrogen and oxygen atoms in total. The van der Waals surface area contributed by atoms with E-state index in [0.717, 1.165) is 22.4 Å². The highest BCUT2D eigenvalue weighted by Gasteiger charge is 2.22. The van der Waals surface area contributed by atoms with Crippen LogP contribution in [0.5, 0.6) is 0 Å². The number of nitrogens with zero attached hydrogens (tertiary/aromatic N) is 2. The number of carbonyl (C=O) groups is 2. The first-order valence-electron chi connectivity index (χ1n) is 9.67. The molecule has 0 radical (unpaired) electrons. The van der Waals surface area contributed by atoms with Crippen molar-refractivity contribution in [1.82, 2.24) is 9.38 Å². The predicted molar refractivity (Wildman–Crippen MR) is 118 cm³/mol. The molecular formula is C24H22N4O2. The molecule has 2 aromatic heterocycles. The number of hydrogen-bond donors (Lipinski definition) is 2. The number of carbonyl (C=O) groups excluding carboxylic acids is 2. The van der Waals surface area contributed by atoms with Crippen molar-refractivity contribution >= 4 is 28.7 Å². The van der Waals surface area contributed by atoms with E-state index in [1.807, 2.05) is 69.3 Å². The molecular weight excluding hydrogens is 376 g/mol. The smallest absolute Gasteiger partial charge is 0.292 e. The van der Waals surface area contributed by atoms with Crippen LogP contribution in [0.25, 0.3) is 5.52 Å². The molecule has 0 atom stereocenters. The van der Waals surface area contributed by atoms with E-state index in [9.17, 15) is 9.59 Å². The van der Waals surface area contributed by atoms with Crippen LogP contribution in [0.4, 0.5) is 11.4 Å². The second kappa shape index (κ2) is 7.83. The van der Waals surface area contributed by atoms with Crippen LogP contribution in [0.1, 0.15) is 37.8 Å². The van der Waals surface area contributed by atoms with Crippen molar-refractivity contribution in [2.75, 3.05) is 10.6 Å². The fourth-order valence-corrected chi connectivity index (χ4v) is 3.32. The maximum absolute atomic E-state index is 13.0. The van der Waals surface area contributed by atoms with Crippen LogP contribution in [0.15, 0.2) is 66.9 Å². The molecule has 4 rings (SSSR count). The molecule has 0 saturated heterocycles. The zero-order valence-corrected chi connectivity index (χ0v) is 17.1. The van der Waals surface area contributed by atoms with E-state index in [1.165, 1.54) is 0 Å². The lowest BCUT2D eigenvalue weighted by Crippen LogP contribution is -2.17. The normalized spacial score (nSPS) is 10.8. The van der Waals surface area contributed by atoms with Crippen molar-refractivity contribution in [2.24, 2.45) is 0 Å². The highest BCUT2D eigenvalue weighted by Crippen LogP contribution is 2.21. The molecule has 0 saturated carbocycles. The first-order valence-corrected chi connectivity index (χ1v) is 9.67. The predicted octanol–water partition coefficient (Wildman–Crippen LogP) is 4.76. The Bertz CT molecular complexity index is 1270. The van der Waals surface area contributed by atoms with E-state index in [0.29, 0.717) is 11.2 Å². The molecule has 2 heterocycles. The topological polar surface area (TPSA) is 75.5 Å². The summed E-state index contributed by atoms with van der Waals surface area (Å²) in [4.78, 5) is 30.4. The number of aromatic nitrogens is 2. The lowest BCUT2D eigenvalue weighted by atomic mass is 10.1. The summed E-state index contributed by atoms with van der Waals surface area (Å²) in [6.07, 6.45) is 1.73. The fraction of sp³-hybridized carbons (Fsp3) is 0.125. The highest BCUT2D eigenvalue weighted by atomic mass is 16.2. The number of anilines is 2. The van der Waals surface area contributed by atoms with E-state index >= 15 is 0 Å². The first kappa shape index (κ1) is 19.4. The molecule has 30 heavy (non-hydrogen) atoms. The summed E-state index contributed by atoms with van der Waals surface area (Å²) in [6, 6.07) is 18.6. The van der Waals surface area contributed by atoms with Gasteiger partial charge in [-0.3, -0.25) is 14.0 Å². The molecule has 0 spiro atoms. The Morgan fingerprint density at radius 2 is 1.43 bits per heavy atom. The first-order chi connectivity index (χ1) is 14.5. The van der Waals surface area contributed by atoms with E-state index < -0.39 is 0 Å². The summed E-state index contributed by atoms with van der Waals surface area (Å²) in [5.74, 6) is -0.583. The van der Waals surface area contributed by atoms with Gasteiger partial charge in [0.15, 0.2) is 5.69 Å². The van der Waals surface area contributed by atoms with Crippen molar-refractivity contribution < 1.29 is 9.59 Å². The number of nitrogens with one attached hydrogen (secondary N) is 2. The largest absolute Gasteiger partial charge is 0.320 e. The van der Waals surface area contributed by atoms with Gasteiger partial charge in [-0.25, -0.2) is 4.98 Å². The SMILES string of the molecule is Cc1ccccc1NC(=O)c1nc(C(=O)Nc2cccc(C)c2C)n2ccccc12. The van der Waals surface area contributed by atoms with E-state index in [1.54, 1.807) is 22.7 Å². The molecule has 0 aliphatic rings. The van der Waals surface area contributed by atoms with Gasteiger partial charge >= 0.3 is 0 Å². The van der Waals surface area contributed by atoms with Crippen LogP contribution >= 0.6 is 0 Å². The third kappa shape index (κ3) is 3.55. The van der Waals surface area contributed by atoms with Gasteiger partial charge in [-0.2, -0.15) is 0 Å². The van der Waals surface area contributed by atoms with Crippen molar-refractivity contribution in [3.8, 4) is 0 Å². The van der Waals surface area contributed by atoms with E-state index in [2.05, 4.69) is 15.6 Å². The number of para-hydroxylation sites is 1. The maximum atomic E-state index is 13.0. The van der Waals surface area contributed by atoms with Gasteiger partial charge in [0, 0.05) is 17.6 Å². The molecule has 2 aromatic carbocycles. The summed E-state index contributed by atoms with van der Waals surface area (Å²) in [6.45, 7) is 5.86. The molecule has 4 aromatic rings. The quantitative estimate of drug-likeness (QED) is 0.520. The number of benzene rings is 2. The molecule has 0 fully saturated rings. The number of rotatable bonds is 4. The molecule has 0 unspecified atom stereocenters. The highest BCUT2D eigenvalue weighted by molar-refractivity contribution is 6.10. The summed E-state index contributed by atoms with van der Waals surface area (Å²) >= 11 is 0. The lowest BCUT2D eigenvalue weighted by molar-refractivity contribution is 0.101. The number of aryl methyl sites for hydroxylation is 2. The second-order valence-corrected chi connectivity index (χ2v) is 7.21. The zero-order chi connectivity index (χ0) is 21.3. The van der Waals surface area contributed by atoms with Gasteiger partial charge in [0.25, 0.3) is 11.8 Å². The zero-order valence-electron chi connectivity index (χ0n) is 17.1. The van der Waals surface area contributed by atoms with Gasteiger partial charge in [0.2, 0.25) is 5.82 Å². The van der Waals surface area contributed by atoms with Gasteiger partial charge in [-0.1, -0.05) is 36.4 Å². The fourth-order valence-electron chi connectivity index (χ4n) is 3.32. The Hall–Kier alpha value is -3.93. The average Bonchev–Trinajstić information content (AvgIpc) is 3.13. The molecule has 0 aliphatic heterocycles. The lowest BCUT2D eigenvalue weighted by Gasteiger charge is -2.09. The van der Waals surface area contributed by atoms with Crippen molar-refractivity contribution in [1.29, 1.82) is 0 Å². The summed E-state index contributed by atoms with van der Waals surface area (Å²) in [5, 5.41) is 5.81. The van der Waals surface area contributed by atoms with Crippen LogP contribution in [0.2, 0.25) is 0 Å². The average molecular weight is 398 g/mol. The van der Waals surface area contributed by atoms with E-state index in [-0.39, 0.29) is 23.3 Å². The van der Waals surface area contributed by atoms with Crippen LogP contribution in [0.3, 0.4) is 0 Å². The van der Waals surface area contributed by atoms with Crippen LogP contribution in [-0.2, 0) is 0 Å². The minimum absolute atomic E-state index is 0.154. The van der Waals surface area contributed by atoms with Gasteiger partial charge in [-0.15, -0.1) is 0 Å². The standard InChI is InChI=1S/C24H22N4O2/c1-15-10-8-12-19(17(15)3)26-24(30)22-27-21(20-13-6-7-14-28(20)22)23(29)25-18-11-5-4-9-16(18)2/h4-14H,1-3H3,(H,25,29)(H,26,30). The minimum Gasteiger partial charge on any atom is -0.320 e. The third-order valence-corrected chi connectivity index (χ3v) is 5.21. The molecule has 2 N–H and O–H groups in total. The maximum Gasteiger partial charge on any atom is 0.292 e. The second-order valence-electron chi connectivity index (χ2n) is 7.21. The molecule has 0 aliphatic carbocycles. The number of pyridine rings is 1. The third-order valence-electron chi connectivity index (χ3n) is 5.21. The summed E-state index contributed by atoms with van der Waals surface area (Å²) < 4.78 is 1.63. The van der Waals surface area contributed by atoms with Gasteiger partial charge in [-0.05, 0) is 61.7 Å². The Labute approximate surface area is 174 Å². The van der Waals surface area contributed by atoms with Crippen molar-refractivity contribution in [3.05, 3.63) is 95.1 Å². The number of hydrogen-bond acceptors (Lipinski definition) is 3. The number of amides is 2. The molecule has 6 heteroatoms. The Morgan fingerprint density at radius 3 is 2.23 bits per heavy atom. The Kier molecular flexibility index (Phi) is 5.06.